The number of methoxy groups -OCH3 is 1. The van der Waals surface area contributed by atoms with Crippen LogP contribution in [-0.4, -0.2) is 67.4 Å². The second-order valence-corrected chi connectivity index (χ2v) is 13.3. The third-order valence-corrected chi connectivity index (χ3v) is 10.8. The van der Waals surface area contributed by atoms with Crippen LogP contribution >= 0.6 is 23.5 Å². The number of anilines is 2. The molecular weight excluding hydrogens is 579 g/mol. The Morgan fingerprint density at radius 1 is 0.977 bits per heavy atom. The highest BCUT2D eigenvalue weighted by Gasteiger charge is 2.24. The molecule has 2 N–H and O–H groups in total. The minimum atomic E-state index is -0.0793. The second-order valence-electron chi connectivity index (χ2n) is 11.1. The lowest BCUT2D eigenvalue weighted by molar-refractivity contribution is 0.122. The van der Waals surface area contributed by atoms with E-state index in [0.29, 0.717) is 19.3 Å². The molecule has 43 heavy (non-hydrogen) atoms. The minimum Gasteiger partial charge on any atom is -0.495 e. The van der Waals surface area contributed by atoms with Gasteiger partial charge >= 0.3 is 0 Å². The first-order valence-electron chi connectivity index (χ1n) is 14.8. The van der Waals surface area contributed by atoms with Crippen molar-refractivity contribution >= 4 is 34.9 Å². The Morgan fingerprint density at radius 2 is 1.84 bits per heavy atom. The lowest BCUT2D eigenvalue weighted by Crippen LogP contribution is -2.38. The van der Waals surface area contributed by atoms with Crippen LogP contribution in [0.15, 0.2) is 91.4 Å². The van der Waals surface area contributed by atoms with Gasteiger partial charge in [0.2, 0.25) is 5.56 Å². The topological polar surface area (TPSA) is 82.7 Å². The van der Waals surface area contributed by atoms with E-state index < -0.39 is 0 Å². The molecule has 2 aromatic carbocycles. The number of morpholine rings is 1. The zero-order chi connectivity index (χ0) is 29.2. The summed E-state index contributed by atoms with van der Waals surface area (Å²) < 4.78 is 10.8. The molecule has 0 atom stereocenters. The van der Waals surface area contributed by atoms with Crippen LogP contribution in [0.2, 0.25) is 0 Å². The lowest BCUT2D eigenvalue weighted by atomic mass is 10.0. The highest BCUT2D eigenvalue weighted by atomic mass is 32.2. The van der Waals surface area contributed by atoms with E-state index in [0.717, 1.165) is 68.3 Å². The van der Waals surface area contributed by atoms with Gasteiger partial charge in [-0.25, -0.2) is 0 Å². The summed E-state index contributed by atoms with van der Waals surface area (Å²) in [7, 11) is 1.68. The van der Waals surface area contributed by atoms with Crippen molar-refractivity contribution in [2.75, 3.05) is 56.7 Å². The molecular formula is C33H35N5O3S2. The minimum absolute atomic E-state index is 0.0793. The Kier molecular flexibility index (Phi) is 8.34. The van der Waals surface area contributed by atoms with Crippen molar-refractivity contribution in [3.63, 3.8) is 0 Å². The van der Waals surface area contributed by atoms with Gasteiger partial charge in [-0.3, -0.25) is 14.7 Å². The van der Waals surface area contributed by atoms with Crippen molar-refractivity contribution in [3.05, 3.63) is 82.9 Å². The fourth-order valence-corrected chi connectivity index (χ4v) is 8.39. The third-order valence-electron chi connectivity index (χ3n) is 8.22. The third kappa shape index (κ3) is 6.43. The quantitative estimate of drug-likeness (QED) is 0.231. The van der Waals surface area contributed by atoms with Crippen molar-refractivity contribution in [3.8, 4) is 17.0 Å². The largest absolute Gasteiger partial charge is 0.495 e. The number of hydrogen-bond donors (Lipinski definition) is 2. The first-order chi connectivity index (χ1) is 21.1. The van der Waals surface area contributed by atoms with Gasteiger partial charge in [0.1, 0.15) is 5.75 Å². The molecule has 2 fully saturated rings. The second kappa shape index (κ2) is 12.7. The summed E-state index contributed by atoms with van der Waals surface area (Å²) in [5.74, 6) is 0.809. The number of likely N-dealkylation sites (tertiary alicyclic amines) is 1. The number of fused-ring (bicyclic) bond motifs is 2. The van der Waals surface area contributed by atoms with Crippen LogP contribution in [0.5, 0.6) is 5.75 Å². The van der Waals surface area contributed by atoms with E-state index >= 15 is 0 Å². The predicted octanol–water partition coefficient (Wildman–Crippen LogP) is 5.97. The SMILES string of the molecule is COc1cncc(CN2CCC(Nc3ccc4c(c3)Sc3cccc(-c5cc(N6CCOCC6)cc(=O)[nH]5)c3S4)CC2)c1. The summed E-state index contributed by atoms with van der Waals surface area (Å²) in [6.45, 7) is 5.96. The van der Waals surface area contributed by atoms with E-state index in [9.17, 15) is 4.79 Å². The molecule has 4 aromatic rings. The number of pyridine rings is 2. The fourth-order valence-electron chi connectivity index (χ4n) is 5.97. The summed E-state index contributed by atoms with van der Waals surface area (Å²) in [5, 5.41) is 3.80. The molecule has 5 heterocycles. The van der Waals surface area contributed by atoms with Crippen LogP contribution in [-0.2, 0) is 11.3 Å². The fraction of sp³-hybridized carbons (Fsp3) is 0.333. The summed E-state index contributed by atoms with van der Waals surface area (Å²) >= 11 is 3.59. The number of nitrogens with zero attached hydrogens (tertiary/aromatic N) is 3. The number of H-pyrrole nitrogens is 1. The number of rotatable bonds is 7. The van der Waals surface area contributed by atoms with Crippen LogP contribution in [0, 0.1) is 0 Å². The Hall–Kier alpha value is -3.44. The summed E-state index contributed by atoms with van der Waals surface area (Å²) in [6.07, 6.45) is 5.88. The molecule has 10 heteroatoms. The molecule has 2 aromatic heterocycles. The van der Waals surface area contributed by atoms with Crippen LogP contribution in [0.4, 0.5) is 11.4 Å². The molecule has 0 radical (unpaired) electrons. The standard InChI is InChI=1S/C33H35N5O3S2/c1-40-26-15-22(19-34-20-26)21-37-9-7-23(8-10-37)35-24-5-6-29-31(16-24)42-30-4-2-3-27(33(30)43-29)28-17-25(18-32(39)36-28)38-11-13-41-14-12-38/h2-6,15-20,23,35H,7-14,21H2,1H3,(H,36,39). The number of hydrogen-bond acceptors (Lipinski definition) is 9. The molecule has 8 nitrogen and oxygen atoms in total. The average molecular weight is 614 g/mol. The first-order valence-corrected chi connectivity index (χ1v) is 16.4. The maximum atomic E-state index is 12.7. The Balaban J connectivity index is 1.02. The summed E-state index contributed by atoms with van der Waals surface area (Å²) in [4.78, 5) is 29.7. The van der Waals surface area contributed by atoms with Gasteiger partial charge < -0.3 is 24.7 Å². The van der Waals surface area contributed by atoms with Crippen molar-refractivity contribution in [1.82, 2.24) is 14.9 Å². The molecule has 2 saturated heterocycles. The van der Waals surface area contributed by atoms with Gasteiger partial charge in [-0.15, -0.1) is 0 Å². The maximum Gasteiger partial charge on any atom is 0.250 e. The molecule has 7 rings (SSSR count). The van der Waals surface area contributed by atoms with Crippen molar-refractivity contribution in [2.24, 2.45) is 0 Å². The van der Waals surface area contributed by atoms with Crippen molar-refractivity contribution in [2.45, 2.75) is 45.0 Å². The van der Waals surface area contributed by atoms with Gasteiger partial charge in [-0.2, -0.15) is 0 Å². The monoisotopic (exact) mass is 613 g/mol. The predicted molar refractivity (Wildman–Crippen MR) is 173 cm³/mol. The highest BCUT2D eigenvalue weighted by Crippen LogP contribution is 2.52. The van der Waals surface area contributed by atoms with Crippen molar-refractivity contribution in [1.29, 1.82) is 0 Å². The molecule has 0 aliphatic carbocycles. The molecule has 3 aliphatic heterocycles. The number of benzene rings is 2. The molecule has 0 unspecified atom stereocenters. The highest BCUT2D eigenvalue weighted by molar-refractivity contribution is 8.05. The van der Waals surface area contributed by atoms with Crippen LogP contribution in [0.3, 0.4) is 0 Å². The Morgan fingerprint density at radius 3 is 2.67 bits per heavy atom. The van der Waals surface area contributed by atoms with E-state index in [2.05, 4.69) is 73.6 Å². The molecule has 0 saturated carbocycles. The van der Waals surface area contributed by atoms with E-state index in [-0.39, 0.29) is 5.56 Å². The van der Waals surface area contributed by atoms with Gasteiger partial charge in [0.05, 0.1) is 32.2 Å². The van der Waals surface area contributed by atoms with E-state index in [1.54, 1.807) is 42.9 Å². The number of ether oxygens (including phenoxy) is 2. The van der Waals surface area contributed by atoms with Gasteiger partial charge in [0.15, 0.2) is 0 Å². The van der Waals surface area contributed by atoms with Gasteiger partial charge in [0, 0.05) is 87.5 Å². The smallest absolute Gasteiger partial charge is 0.250 e. The maximum absolute atomic E-state index is 12.7. The number of aromatic nitrogens is 2. The van der Waals surface area contributed by atoms with Gasteiger partial charge in [-0.1, -0.05) is 35.7 Å². The first kappa shape index (κ1) is 28.3. The van der Waals surface area contributed by atoms with E-state index in [4.69, 9.17) is 9.47 Å². The Labute approximate surface area is 260 Å². The summed E-state index contributed by atoms with van der Waals surface area (Å²) in [5.41, 5.74) is 5.15. The Bertz CT molecular complexity index is 1660. The normalized spacial score (nSPS) is 17.3. The lowest BCUT2D eigenvalue weighted by Gasteiger charge is -2.33. The zero-order valence-electron chi connectivity index (χ0n) is 24.2. The summed E-state index contributed by atoms with van der Waals surface area (Å²) in [6, 6.07) is 19.4. The van der Waals surface area contributed by atoms with Crippen LogP contribution in [0.25, 0.3) is 11.3 Å². The number of aromatic amines is 1. The van der Waals surface area contributed by atoms with Gasteiger partial charge in [0.25, 0.3) is 0 Å². The molecule has 3 aliphatic rings. The average Bonchev–Trinajstić information content (AvgIpc) is 3.04. The molecule has 222 valence electrons. The molecule has 0 spiro atoms. The van der Waals surface area contributed by atoms with Gasteiger partial charge in [-0.05, 0) is 54.8 Å². The molecule has 0 amide bonds. The van der Waals surface area contributed by atoms with Crippen LogP contribution in [0.1, 0.15) is 18.4 Å². The number of piperidine rings is 1. The zero-order valence-corrected chi connectivity index (χ0v) is 25.8. The van der Waals surface area contributed by atoms with Crippen molar-refractivity contribution < 1.29 is 9.47 Å². The molecule has 0 bridgehead atoms. The number of nitrogens with one attached hydrogen (secondary N) is 2. The van der Waals surface area contributed by atoms with Crippen LogP contribution < -0.4 is 20.5 Å². The van der Waals surface area contributed by atoms with E-state index in [1.165, 1.54) is 30.8 Å². The van der Waals surface area contributed by atoms with E-state index in [1.807, 2.05) is 6.20 Å².